The minimum absolute atomic E-state index is 0.589. The number of hydrogen-bond acceptors (Lipinski definition) is 2. The Morgan fingerprint density at radius 2 is 1.59 bits per heavy atom. The van der Waals surface area contributed by atoms with Crippen LogP contribution >= 0.6 is 0 Å². The van der Waals surface area contributed by atoms with Gasteiger partial charge in [0, 0.05) is 11.3 Å². The Hall–Kier alpha value is -1.80. The third-order valence-corrected chi connectivity index (χ3v) is 3.17. The van der Waals surface area contributed by atoms with E-state index in [1.54, 1.807) is 0 Å². The first-order chi connectivity index (χ1) is 8.18. The first kappa shape index (κ1) is 11.7. The summed E-state index contributed by atoms with van der Waals surface area (Å²) in [6, 6.07) is 17.1. The van der Waals surface area contributed by atoms with Crippen molar-refractivity contribution in [2.45, 2.75) is 18.9 Å². The zero-order chi connectivity index (χ0) is 12.3. The Morgan fingerprint density at radius 3 is 2.18 bits per heavy atom. The van der Waals surface area contributed by atoms with Crippen molar-refractivity contribution in [1.29, 1.82) is 0 Å². The molecule has 0 aliphatic heterocycles. The Bertz CT molecular complexity index is 495. The van der Waals surface area contributed by atoms with E-state index < -0.39 is 5.60 Å². The molecule has 0 aliphatic rings. The van der Waals surface area contributed by atoms with Gasteiger partial charge in [-0.1, -0.05) is 55.5 Å². The molecule has 2 rings (SSSR count). The van der Waals surface area contributed by atoms with Gasteiger partial charge >= 0.3 is 0 Å². The van der Waals surface area contributed by atoms with Gasteiger partial charge in [-0.3, -0.25) is 0 Å². The molecule has 17 heavy (non-hydrogen) atoms. The highest BCUT2D eigenvalue weighted by Crippen LogP contribution is 2.35. The summed E-state index contributed by atoms with van der Waals surface area (Å²) in [6.07, 6.45) is 0.589. The number of hydrogen-bond donors (Lipinski definition) is 2. The summed E-state index contributed by atoms with van der Waals surface area (Å²) in [7, 11) is 0. The molecule has 2 heteroatoms. The van der Waals surface area contributed by atoms with Gasteiger partial charge in [-0.15, -0.1) is 0 Å². The number of nitrogen functional groups attached to an aromatic ring is 1. The van der Waals surface area contributed by atoms with E-state index in [0.717, 1.165) is 11.1 Å². The Balaban J connectivity index is 2.56. The highest BCUT2D eigenvalue weighted by Gasteiger charge is 2.30. The van der Waals surface area contributed by atoms with Crippen LogP contribution in [0.3, 0.4) is 0 Å². The number of rotatable bonds is 3. The maximum absolute atomic E-state index is 10.9. The van der Waals surface area contributed by atoms with Gasteiger partial charge in [0.05, 0.1) is 0 Å². The zero-order valence-electron chi connectivity index (χ0n) is 9.93. The second-order valence-corrected chi connectivity index (χ2v) is 4.17. The van der Waals surface area contributed by atoms with Crippen LogP contribution in [-0.4, -0.2) is 5.11 Å². The molecule has 3 N–H and O–H groups in total. The average molecular weight is 227 g/mol. The zero-order valence-corrected chi connectivity index (χ0v) is 9.93. The van der Waals surface area contributed by atoms with Crippen LogP contribution in [0.15, 0.2) is 54.6 Å². The van der Waals surface area contributed by atoms with Crippen LogP contribution in [0, 0.1) is 0 Å². The van der Waals surface area contributed by atoms with Crippen molar-refractivity contribution in [3.05, 3.63) is 65.7 Å². The summed E-state index contributed by atoms with van der Waals surface area (Å²) in [4.78, 5) is 0. The highest BCUT2D eigenvalue weighted by atomic mass is 16.3. The van der Waals surface area contributed by atoms with Crippen LogP contribution in [0.2, 0.25) is 0 Å². The van der Waals surface area contributed by atoms with E-state index in [0.29, 0.717) is 12.1 Å². The summed E-state index contributed by atoms with van der Waals surface area (Å²) in [5, 5.41) is 10.9. The lowest BCUT2D eigenvalue weighted by molar-refractivity contribution is 0.0773. The third kappa shape index (κ3) is 2.04. The van der Waals surface area contributed by atoms with Gasteiger partial charge in [0.15, 0.2) is 0 Å². The molecular weight excluding hydrogens is 210 g/mol. The number of nitrogens with two attached hydrogens (primary N) is 1. The fourth-order valence-electron chi connectivity index (χ4n) is 2.14. The van der Waals surface area contributed by atoms with Gasteiger partial charge in [-0.05, 0) is 18.1 Å². The summed E-state index contributed by atoms with van der Waals surface area (Å²) in [6.45, 7) is 1.96. The molecule has 2 aromatic rings. The molecule has 0 spiro atoms. The van der Waals surface area contributed by atoms with Crippen molar-refractivity contribution < 1.29 is 5.11 Å². The lowest BCUT2D eigenvalue weighted by Crippen LogP contribution is -2.27. The van der Waals surface area contributed by atoms with Gasteiger partial charge in [-0.25, -0.2) is 0 Å². The molecule has 88 valence electrons. The van der Waals surface area contributed by atoms with E-state index in [1.165, 1.54) is 0 Å². The smallest absolute Gasteiger partial charge is 0.116 e. The van der Waals surface area contributed by atoms with Crippen molar-refractivity contribution in [3.63, 3.8) is 0 Å². The summed E-state index contributed by atoms with van der Waals surface area (Å²) < 4.78 is 0. The van der Waals surface area contributed by atoms with E-state index in [2.05, 4.69) is 0 Å². The van der Waals surface area contributed by atoms with Crippen LogP contribution < -0.4 is 5.73 Å². The van der Waals surface area contributed by atoms with E-state index >= 15 is 0 Å². The lowest BCUT2D eigenvalue weighted by atomic mass is 9.83. The molecule has 1 unspecified atom stereocenters. The van der Waals surface area contributed by atoms with E-state index in [4.69, 9.17) is 5.73 Å². The van der Waals surface area contributed by atoms with Crippen molar-refractivity contribution >= 4 is 5.69 Å². The van der Waals surface area contributed by atoms with Crippen molar-refractivity contribution in [2.24, 2.45) is 0 Å². The van der Waals surface area contributed by atoms with Crippen LogP contribution in [0.5, 0.6) is 0 Å². The molecule has 0 aromatic heterocycles. The van der Waals surface area contributed by atoms with Gasteiger partial charge in [-0.2, -0.15) is 0 Å². The Kier molecular flexibility index (Phi) is 3.16. The Morgan fingerprint density at radius 1 is 1.00 bits per heavy atom. The third-order valence-electron chi connectivity index (χ3n) is 3.17. The molecule has 2 nitrogen and oxygen atoms in total. The van der Waals surface area contributed by atoms with Crippen LogP contribution in [0.1, 0.15) is 24.5 Å². The fraction of sp³-hybridized carbons (Fsp3) is 0.200. The minimum atomic E-state index is -1.01. The number of anilines is 1. The number of para-hydroxylation sites is 1. The molecule has 1 atom stereocenters. The topological polar surface area (TPSA) is 46.2 Å². The fourth-order valence-corrected chi connectivity index (χ4v) is 2.14. The lowest BCUT2D eigenvalue weighted by Gasteiger charge is -2.29. The predicted molar refractivity (Wildman–Crippen MR) is 70.6 cm³/mol. The highest BCUT2D eigenvalue weighted by molar-refractivity contribution is 5.53. The SMILES string of the molecule is CCC(O)(c1ccccc1)c1ccccc1N. The van der Waals surface area contributed by atoms with Crippen molar-refractivity contribution in [2.75, 3.05) is 5.73 Å². The molecule has 0 radical (unpaired) electrons. The second kappa shape index (κ2) is 4.60. The van der Waals surface area contributed by atoms with Gasteiger partial charge in [0.1, 0.15) is 5.60 Å². The van der Waals surface area contributed by atoms with Crippen molar-refractivity contribution in [1.82, 2.24) is 0 Å². The monoisotopic (exact) mass is 227 g/mol. The standard InChI is InChI=1S/C15H17NO/c1-2-15(17,12-8-4-3-5-9-12)13-10-6-7-11-14(13)16/h3-11,17H,2,16H2,1H3. The molecule has 2 aromatic carbocycles. The molecule has 0 bridgehead atoms. The van der Waals surface area contributed by atoms with Crippen LogP contribution in [-0.2, 0) is 5.60 Å². The van der Waals surface area contributed by atoms with Gasteiger partial charge < -0.3 is 10.8 Å². The number of aliphatic hydroxyl groups is 1. The summed E-state index contributed by atoms with van der Waals surface area (Å²) in [5.74, 6) is 0. The predicted octanol–water partition coefficient (Wildman–Crippen LogP) is 2.91. The average Bonchev–Trinajstić information content (AvgIpc) is 2.39. The van der Waals surface area contributed by atoms with E-state index in [1.807, 2.05) is 61.5 Å². The molecule has 0 saturated carbocycles. The van der Waals surface area contributed by atoms with Crippen molar-refractivity contribution in [3.8, 4) is 0 Å². The largest absolute Gasteiger partial charge is 0.398 e. The normalized spacial score (nSPS) is 14.2. The molecule has 0 saturated heterocycles. The van der Waals surface area contributed by atoms with Crippen LogP contribution in [0.4, 0.5) is 5.69 Å². The maximum Gasteiger partial charge on any atom is 0.116 e. The van der Waals surface area contributed by atoms with Crippen LogP contribution in [0.25, 0.3) is 0 Å². The van der Waals surface area contributed by atoms with E-state index in [9.17, 15) is 5.11 Å². The number of benzene rings is 2. The quantitative estimate of drug-likeness (QED) is 0.792. The van der Waals surface area contributed by atoms with Gasteiger partial charge in [0.2, 0.25) is 0 Å². The maximum atomic E-state index is 10.9. The minimum Gasteiger partial charge on any atom is -0.398 e. The molecular formula is C15H17NO. The molecule has 0 amide bonds. The second-order valence-electron chi connectivity index (χ2n) is 4.17. The van der Waals surface area contributed by atoms with E-state index in [-0.39, 0.29) is 0 Å². The molecule has 0 fully saturated rings. The Labute approximate surface area is 102 Å². The molecule has 0 heterocycles. The summed E-state index contributed by atoms with van der Waals surface area (Å²) in [5.41, 5.74) is 7.23. The summed E-state index contributed by atoms with van der Waals surface area (Å²) >= 11 is 0. The van der Waals surface area contributed by atoms with Gasteiger partial charge in [0.25, 0.3) is 0 Å². The molecule has 0 aliphatic carbocycles. The first-order valence-corrected chi connectivity index (χ1v) is 5.81. The first-order valence-electron chi connectivity index (χ1n) is 5.81.